The summed E-state index contributed by atoms with van der Waals surface area (Å²) in [7, 11) is 1.74. The van der Waals surface area contributed by atoms with Crippen LogP contribution in [0.2, 0.25) is 0 Å². The van der Waals surface area contributed by atoms with Gasteiger partial charge in [-0.25, -0.2) is 4.98 Å². The first-order valence-corrected chi connectivity index (χ1v) is 6.66. The fourth-order valence-electron chi connectivity index (χ4n) is 1.54. The average Bonchev–Trinajstić information content (AvgIpc) is 2.41. The lowest BCUT2D eigenvalue weighted by Gasteiger charge is -2.07. The number of aromatic nitrogens is 2. The molecule has 0 fully saturated rings. The lowest BCUT2D eigenvalue weighted by Crippen LogP contribution is -2.08. The number of nitrogens with zero attached hydrogens (tertiary/aromatic N) is 2. The van der Waals surface area contributed by atoms with Crippen molar-refractivity contribution in [2.24, 2.45) is 0 Å². The molecule has 0 unspecified atom stereocenters. The summed E-state index contributed by atoms with van der Waals surface area (Å²) < 4.78 is 5.01. The fraction of sp³-hybridized carbons (Fsp3) is 0.692. The third kappa shape index (κ3) is 6.39. The predicted octanol–water partition coefficient (Wildman–Crippen LogP) is 2.53. The molecule has 0 radical (unpaired) electrons. The van der Waals surface area contributed by atoms with Crippen LogP contribution in [0.1, 0.15) is 32.6 Å². The zero-order valence-electron chi connectivity index (χ0n) is 11.4. The van der Waals surface area contributed by atoms with E-state index in [9.17, 15) is 0 Å². The highest BCUT2D eigenvalue weighted by Crippen LogP contribution is 2.06. The van der Waals surface area contributed by atoms with Crippen LogP contribution < -0.4 is 10.6 Å². The summed E-state index contributed by atoms with van der Waals surface area (Å²) in [5.74, 6) is 1.58. The molecule has 0 amide bonds. The van der Waals surface area contributed by atoms with E-state index in [1.807, 2.05) is 6.07 Å². The molecule has 1 aromatic heterocycles. The third-order valence-electron chi connectivity index (χ3n) is 2.52. The van der Waals surface area contributed by atoms with Crippen molar-refractivity contribution in [2.45, 2.75) is 32.6 Å². The van der Waals surface area contributed by atoms with Crippen LogP contribution in [0, 0.1) is 0 Å². The number of methoxy groups -OCH3 is 1. The van der Waals surface area contributed by atoms with Crippen molar-refractivity contribution < 1.29 is 4.74 Å². The van der Waals surface area contributed by atoms with Crippen molar-refractivity contribution in [1.82, 2.24) is 9.97 Å². The van der Waals surface area contributed by atoms with Crippen molar-refractivity contribution in [3.63, 3.8) is 0 Å². The van der Waals surface area contributed by atoms with Crippen molar-refractivity contribution in [3.8, 4) is 0 Å². The summed E-state index contributed by atoms with van der Waals surface area (Å²) in [6, 6.07) is 1.90. The summed E-state index contributed by atoms with van der Waals surface area (Å²) in [6.07, 6.45) is 6.27. The van der Waals surface area contributed by atoms with Gasteiger partial charge in [0.25, 0.3) is 0 Å². The molecule has 5 nitrogen and oxygen atoms in total. The lowest BCUT2D eigenvalue weighted by atomic mass is 10.2. The Labute approximate surface area is 109 Å². The predicted molar refractivity (Wildman–Crippen MR) is 75.0 cm³/mol. The molecule has 2 N–H and O–H groups in total. The minimum absolute atomic E-state index is 0.696. The van der Waals surface area contributed by atoms with Crippen molar-refractivity contribution >= 4 is 11.8 Å². The van der Waals surface area contributed by atoms with Gasteiger partial charge in [0.15, 0.2) is 0 Å². The van der Waals surface area contributed by atoms with Crippen LogP contribution in [0.25, 0.3) is 0 Å². The SMILES string of the molecule is CCCNc1nccc(NCCCCCOC)n1. The molecule has 0 aromatic carbocycles. The summed E-state index contributed by atoms with van der Waals surface area (Å²) in [4.78, 5) is 8.55. The molecule has 0 aliphatic heterocycles. The molecule has 102 valence electrons. The van der Waals surface area contributed by atoms with Crippen LogP contribution in [0.4, 0.5) is 11.8 Å². The van der Waals surface area contributed by atoms with Crippen LogP contribution in [0.5, 0.6) is 0 Å². The summed E-state index contributed by atoms with van der Waals surface area (Å²) >= 11 is 0. The van der Waals surface area contributed by atoms with Gasteiger partial charge >= 0.3 is 0 Å². The first-order chi connectivity index (χ1) is 8.86. The average molecular weight is 252 g/mol. The van der Waals surface area contributed by atoms with Gasteiger partial charge in [-0.05, 0) is 31.7 Å². The van der Waals surface area contributed by atoms with Crippen LogP contribution in [-0.4, -0.2) is 36.8 Å². The number of nitrogens with one attached hydrogen (secondary N) is 2. The van der Waals surface area contributed by atoms with Crippen molar-refractivity contribution in [1.29, 1.82) is 0 Å². The Morgan fingerprint density at radius 3 is 2.83 bits per heavy atom. The molecule has 18 heavy (non-hydrogen) atoms. The minimum atomic E-state index is 0.696. The molecule has 0 spiro atoms. The summed E-state index contributed by atoms with van der Waals surface area (Å²) in [5.41, 5.74) is 0. The number of unbranched alkanes of at least 4 members (excludes halogenated alkanes) is 2. The van der Waals surface area contributed by atoms with Gasteiger partial charge in [-0.1, -0.05) is 6.92 Å². The van der Waals surface area contributed by atoms with E-state index in [-0.39, 0.29) is 0 Å². The molecule has 5 heteroatoms. The topological polar surface area (TPSA) is 59.1 Å². The van der Waals surface area contributed by atoms with Gasteiger partial charge in [0.2, 0.25) is 5.95 Å². The molecule has 0 aliphatic carbocycles. The number of hydrogen-bond donors (Lipinski definition) is 2. The van der Waals surface area contributed by atoms with Crippen molar-refractivity contribution in [3.05, 3.63) is 12.3 Å². The van der Waals surface area contributed by atoms with E-state index in [4.69, 9.17) is 4.74 Å². The zero-order chi connectivity index (χ0) is 13.1. The number of rotatable bonds is 10. The van der Waals surface area contributed by atoms with Crippen LogP contribution in [-0.2, 0) is 4.74 Å². The van der Waals surface area contributed by atoms with E-state index in [1.54, 1.807) is 13.3 Å². The molecule has 1 aromatic rings. The first-order valence-electron chi connectivity index (χ1n) is 6.66. The highest BCUT2D eigenvalue weighted by molar-refractivity contribution is 5.39. The van der Waals surface area contributed by atoms with E-state index in [1.165, 1.54) is 6.42 Å². The van der Waals surface area contributed by atoms with Gasteiger partial charge in [-0.3, -0.25) is 0 Å². The molecular formula is C13H24N4O. The minimum Gasteiger partial charge on any atom is -0.385 e. The number of ether oxygens (including phenoxy) is 1. The standard InChI is InChI=1S/C13H24N4O/c1-3-8-15-13-16-10-7-12(17-13)14-9-5-4-6-11-18-2/h7,10H,3-6,8-9,11H2,1-2H3,(H2,14,15,16,17). The Kier molecular flexibility index (Phi) is 7.88. The van der Waals surface area contributed by atoms with Crippen LogP contribution >= 0.6 is 0 Å². The highest BCUT2D eigenvalue weighted by Gasteiger charge is 1.97. The molecule has 0 aliphatic rings. The normalized spacial score (nSPS) is 10.3. The highest BCUT2D eigenvalue weighted by atomic mass is 16.5. The molecule has 0 saturated heterocycles. The maximum absolute atomic E-state index is 5.01. The van der Waals surface area contributed by atoms with E-state index >= 15 is 0 Å². The van der Waals surface area contributed by atoms with E-state index in [0.29, 0.717) is 5.95 Å². The Hall–Kier alpha value is -1.36. The third-order valence-corrected chi connectivity index (χ3v) is 2.52. The second kappa shape index (κ2) is 9.65. The molecule has 0 bridgehead atoms. The Morgan fingerprint density at radius 2 is 2.06 bits per heavy atom. The number of hydrogen-bond acceptors (Lipinski definition) is 5. The molecule has 0 atom stereocenters. The quantitative estimate of drug-likeness (QED) is 0.627. The van der Waals surface area contributed by atoms with Crippen molar-refractivity contribution in [2.75, 3.05) is 37.4 Å². The zero-order valence-corrected chi connectivity index (χ0v) is 11.4. The Bertz CT molecular complexity index is 320. The van der Waals surface area contributed by atoms with Gasteiger partial charge in [0, 0.05) is 33.0 Å². The second-order valence-corrected chi connectivity index (χ2v) is 4.17. The monoisotopic (exact) mass is 252 g/mol. The Morgan fingerprint density at radius 1 is 1.17 bits per heavy atom. The fourth-order valence-corrected chi connectivity index (χ4v) is 1.54. The van der Waals surface area contributed by atoms with E-state index < -0.39 is 0 Å². The van der Waals surface area contributed by atoms with Crippen LogP contribution in [0.15, 0.2) is 12.3 Å². The van der Waals surface area contributed by atoms with Gasteiger partial charge in [0.05, 0.1) is 0 Å². The van der Waals surface area contributed by atoms with Gasteiger partial charge in [-0.2, -0.15) is 4.98 Å². The Balaban J connectivity index is 2.20. The molecular weight excluding hydrogens is 228 g/mol. The smallest absolute Gasteiger partial charge is 0.224 e. The molecule has 0 saturated carbocycles. The van der Waals surface area contributed by atoms with Gasteiger partial charge < -0.3 is 15.4 Å². The lowest BCUT2D eigenvalue weighted by molar-refractivity contribution is 0.192. The number of anilines is 2. The second-order valence-electron chi connectivity index (χ2n) is 4.17. The van der Waals surface area contributed by atoms with E-state index in [2.05, 4.69) is 27.5 Å². The molecule has 1 rings (SSSR count). The van der Waals surface area contributed by atoms with Gasteiger partial charge in [0.1, 0.15) is 5.82 Å². The first kappa shape index (κ1) is 14.7. The van der Waals surface area contributed by atoms with Gasteiger partial charge in [-0.15, -0.1) is 0 Å². The summed E-state index contributed by atoms with van der Waals surface area (Å²) in [5, 5.41) is 6.48. The summed E-state index contributed by atoms with van der Waals surface area (Å²) in [6.45, 7) is 4.81. The molecule has 1 heterocycles. The largest absolute Gasteiger partial charge is 0.385 e. The maximum atomic E-state index is 5.01. The van der Waals surface area contributed by atoms with Crippen LogP contribution in [0.3, 0.4) is 0 Å². The maximum Gasteiger partial charge on any atom is 0.224 e. The van der Waals surface area contributed by atoms with E-state index in [0.717, 1.165) is 44.8 Å².